The van der Waals surface area contributed by atoms with Crippen LogP contribution in [0.2, 0.25) is 0 Å². The van der Waals surface area contributed by atoms with Crippen LogP contribution in [0.4, 0.5) is 27.5 Å². The van der Waals surface area contributed by atoms with Crippen LogP contribution in [0.25, 0.3) is 0 Å². The van der Waals surface area contributed by atoms with Crippen LogP contribution in [-0.4, -0.2) is 67.5 Å². The number of nitrogens with zero attached hydrogens (tertiary/aromatic N) is 7. The van der Waals surface area contributed by atoms with Crippen molar-refractivity contribution in [2.24, 2.45) is 10.2 Å². The molecule has 2 fully saturated rings. The van der Waals surface area contributed by atoms with Gasteiger partial charge in [0.1, 0.15) is 5.69 Å². The monoisotopic (exact) mass is 431 g/mol. The lowest BCUT2D eigenvalue weighted by molar-refractivity contribution is -0.384. The Morgan fingerprint density at radius 2 is 1.77 bits per heavy atom. The number of anilines is 2. The molecule has 1 aromatic heterocycles. The maximum absolute atomic E-state index is 14.1. The summed E-state index contributed by atoms with van der Waals surface area (Å²) < 4.78 is 24.7. The van der Waals surface area contributed by atoms with Gasteiger partial charge in [-0.15, -0.1) is 5.11 Å². The molecular formula is C19H22FN7O4. The Kier molecular flexibility index (Phi) is 6.57. The second-order valence-corrected chi connectivity index (χ2v) is 7.02. The Morgan fingerprint density at radius 1 is 1.10 bits per heavy atom. The van der Waals surface area contributed by atoms with Gasteiger partial charge in [-0.3, -0.25) is 10.1 Å². The van der Waals surface area contributed by atoms with E-state index in [2.05, 4.69) is 20.2 Å². The fraction of sp³-hybridized carbons (Fsp3) is 0.474. The Morgan fingerprint density at radius 3 is 2.45 bits per heavy atom. The van der Waals surface area contributed by atoms with E-state index in [-0.39, 0.29) is 24.0 Å². The number of morpholine rings is 2. The van der Waals surface area contributed by atoms with E-state index >= 15 is 0 Å². The molecule has 2 aliphatic heterocycles. The van der Waals surface area contributed by atoms with Gasteiger partial charge in [0.2, 0.25) is 0 Å². The molecule has 0 saturated carbocycles. The van der Waals surface area contributed by atoms with Gasteiger partial charge in [0.15, 0.2) is 11.6 Å². The second kappa shape index (κ2) is 9.71. The normalized spacial score (nSPS) is 17.3. The number of nitro groups is 1. The van der Waals surface area contributed by atoms with Crippen molar-refractivity contribution in [3.8, 4) is 0 Å². The summed E-state index contributed by atoms with van der Waals surface area (Å²) in [5.74, 6) is -0.338. The van der Waals surface area contributed by atoms with Crippen LogP contribution in [0.3, 0.4) is 0 Å². The van der Waals surface area contributed by atoms with Crippen molar-refractivity contribution in [3.05, 3.63) is 45.9 Å². The first-order chi connectivity index (χ1) is 15.1. The van der Waals surface area contributed by atoms with Crippen molar-refractivity contribution in [1.29, 1.82) is 0 Å². The van der Waals surface area contributed by atoms with Crippen molar-refractivity contribution in [2.45, 2.75) is 6.54 Å². The number of hydrogen-bond acceptors (Lipinski definition) is 10. The smallest absolute Gasteiger partial charge is 0.292 e. The van der Waals surface area contributed by atoms with E-state index in [1.807, 2.05) is 4.90 Å². The molecule has 0 atom stereocenters. The van der Waals surface area contributed by atoms with Crippen LogP contribution in [0, 0.1) is 15.9 Å². The molecule has 2 saturated heterocycles. The van der Waals surface area contributed by atoms with Crippen LogP contribution in [-0.2, 0) is 16.0 Å². The molecule has 31 heavy (non-hydrogen) atoms. The third-order valence-corrected chi connectivity index (χ3v) is 5.03. The van der Waals surface area contributed by atoms with Gasteiger partial charge in [0, 0.05) is 32.2 Å². The molecule has 4 rings (SSSR count). The van der Waals surface area contributed by atoms with Gasteiger partial charge in [0.25, 0.3) is 11.6 Å². The topological polar surface area (TPSA) is 119 Å². The first-order valence-corrected chi connectivity index (χ1v) is 9.94. The number of hydrogen-bond donors (Lipinski definition) is 0. The van der Waals surface area contributed by atoms with E-state index in [0.29, 0.717) is 63.9 Å². The lowest BCUT2D eigenvalue weighted by atomic mass is 10.1. The Labute approximate surface area is 177 Å². The predicted molar refractivity (Wildman–Crippen MR) is 109 cm³/mol. The van der Waals surface area contributed by atoms with Crippen LogP contribution in [0.15, 0.2) is 34.6 Å². The average molecular weight is 431 g/mol. The number of rotatable bonds is 6. The first-order valence-electron chi connectivity index (χ1n) is 9.94. The molecule has 12 heteroatoms. The zero-order chi connectivity index (χ0) is 21.6. The highest BCUT2D eigenvalue weighted by Crippen LogP contribution is 2.30. The van der Waals surface area contributed by atoms with Crippen molar-refractivity contribution in [1.82, 2.24) is 9.97 Å². The van der Waals surface area contributed by atoms with Crippen LogP contribution >= 0.6 is 0 Å². The van der Waals surface area contributed by atoms with Gasteiger partial charge < -0.3 is 19.3 Å². The van der Waals surface area contributed by atoms with E-state index in [1.165, 1.54) is 6.07 Å². The SMILES string of the molecule is O=[N+]([O-])c1cc(CN=Nc2ncc(F)c(N3CCOCC3)n2)ccc1N1CCOCC1. The number of nitro benzene ring substituents is 1. The molecule has 164 valence electrons. The molecule has 0 N–H and O–H groups in total. The van der Waals surface area contributed by atoms with Gasteiger partial charge >= 0.3 is 0 Å². The van der Waals surface area contributed by atoms with Crippen molar-refractivity contribution in [2.75, 3.05) is 62.4 Å². The van der Waals surface area contributed by atoms with Gasteiger partial charge in [-0.05, 0) is 11.6 Å². The van der Waals surface area contributed by atoms with Gasteiger partial charge in [-0.25, -0.2) is 9.37 Å². The summed E-state index contributed by atoms with van der Waals surface area (Å²) in [5, 5.41) is 19.6. The second-order valence-electron chi connectivity index (χ2n) is 7.02. The van der Waals surface area contributed by atoms with Gasteiger partial charge in [-0.1, -0.05) is 6.07 Å². The molecule has 0 aliphatic carbocycles. The predicted octanol–water partition coefficient (Wildman–Crippen LogP) is 2.48. The summed E-state index contributed by atoms with van der Waals surface area (Å²) in [6.45, 7) is 4.46. The maximum Gasteiger partial charge on any atom is 0.292 e. The number of aromatic nitrogens is 2. The molecule has 3 heterocycles. The van der Waals surface area contributed by atoms with Crippen LogP contribution in [0.1, 0.15) is 5.56 Å². The number of benzene rings is 1. The summed E-state index contributed by atoms with van der Waals surface area (Å²) in [6.07, 6.45) is 1.06. The Balaban J connectivity index is 1.47. The third kappa shape index (κ3) is 5.09. The molecule has 0 bridgehead atoms. The van der Waals surface area contributed by atoms with E-state index in [1.54, 1.807) is 17.0 Å². The van der Waals surface area contributed by atoms with Gasteiger partial charge in [-0.2, -0.15) is 10.1 Å². The van der Waals surface area contributed by atoms with Crippen LogP contribution in [0.5, 0.6) is 0 Å². The summed E-state index contributed by atoms with van der Waals surface area (Å²) >= 11 is 0. The Bertz CT molecular complexity index is 962. The maximum atomic E-state index is 14.1. The van der Waals surface area contributed by atoms with Crippen LogP contribution < -0.4 is 9.80 Å². The lowest BCUT2D eigenvalue weighted by Gasteiger charge is -2.28. The molecule has 0 radical (unpaired) electrons. The van der Waals surface area contributed by atoms with Gasteiger partial charge in [0.05, 0.1) is 44.1 Å². The number of halogens is 1. The number of azo groups is 1. The first kappa shape index (κ1) is 21.0. The molecule has 1 aromatic carbocycles. The summed E-state index contributed by atoms with van der Waals surface area (Å²) in [7, 11) is 0. The highest BCUT2D eigenvalue weighted by Gasteiger charge is 2.22. The molecule has 2 aliphatic rings. The molecule has 2 aromatic rings. The standard InChI is InChI=1S/C19H22FN7O4/c20-15-13-21-19(23-18(15)26-5-9-31-10-6-26)24-22-12-14-1-2-16(17(11-14)27(28)29)25-3-7-30-8-4-25/h1-2,11,13H,3-10,12H2. The zero-order valence-electron chi connectivity index (χ0n) is 16.8. The summed E-state index contributed by atoms with van der Waals surface area (Å²) in [4.78, 5) is 22.9. The molecular weight excluding hydrogens is 409 g/mol. The Hall–Kier alpha value is -3.25. The molecule has 11 nitrogen and oxygen atoms in total. The van der Waals surface area contributed by atoms with Crippen molar-refractivity contribution < 1.29 is 18.8 Å². The van der Waals surface area contributed by atoms with E-state index in [4.69, 9.17) is 9.47 Å². The third-order valence-electron chi connectivity index (χ3n) is 5.03. The lowest BCUT2D eigenvalue weighted by Crippen LogP contribution is -2.37. The minimum atomic E-state index is -0.532. The molecule has 0 amide bonds. The summed E-state index contributed by atoms with van der Waals surface area (Å²) in [5.41, 5.74) is 1.20. The average Bonchev–Trinajstić information content (AvgIpc) is 2.81. The van der Waals surface area contributed by atoms with Crippen molar-refractivity contribution in [3.63, 3.8) is 0 Å². The highest BCUT2D eigenvalue weighted by atomic mass is 19.1. The fourth-order valence-corrected chi connectivity index (χ4v) is 3.46. The largest absolute Gasteiger partial charge is 0.378 e. The van der Waals surface area contributed by atoms with Crippen molar-refractivity contribution >= 4 is 23.1 Å². The van der Waals surface area contributed by atoms with E-state index in [0.717, 1.165) is 6.20 Å². The summed E-state index contributed by atoms with van der Waals surface area (Å²) in [6, 6.07) is 5.00. The minimum Gasteiger partial charge on any atom is -0.378 e. The minimum absolute atomic E-state index is 0.0160. The highest BCUT2D eigenvalue weighted by molar-refractivity contribution is 5.64. The van der Waals surface area contributed by atoms with E-state index < -0.39 is 10.7 Å². The molecule has 0 unspecified atom stereocenters. The zero-order valence-corrected chi connectivity index (χ0v) is 16.8. The number of ether oxygens (including phenoxy) is 2. The van der Waals surface area contributed by atoms with E-state index in [9.17, 15) is 14.5 Å². The molecule has 0 spiro atoms. The fourth-order valence-electron chi connectivity index (χ4n) is 3.46. The quantitative estimate of drug-likeness (QED) is 0.389.